The first kappa shape index (κ1) is 10.7. The van der Waals surface area contributed by atoms with Gasteiger partial charge in [-0.1, -0.05) is 36.4 Å². The van der Waals surface area contributed by atoms with Crippen LogP contribution in [0.2, 0.25) is 0 Å². The van der Waals surface area contributed by atoms with Crippen LogP contribution in [-0.2, 0) is 0 Å². The van der Waals surface area contributed by atoms with E-state index in [2.05, 4.69) is 0 Å². The summed E-state index contributed by atoms with van der Waals surface area (Å²) < 4.78 is 15.5. The van der Waals surface area contributed by atoms with Crippen molar-refractivity contribution in [3.63, 3.8) is 0 Å². The summed E-state index contributed by atoms with van der Waals surface area (Å²) in [6.07, 6.45) is 1.69. The Morgan fingerprint density at radius 1 is 1.00 bits per heavy atom. The number of benzene rings is 1. The van der Waals surface area contributed by atoms with Gasteiger partial charge >= 0.3 is 0 Å². The zero-order valence-electron chi connectivity index (χ0n) is 9.51. The molecule has 0 fully saturated rings. The molecule has 0 unspecified atom stereocenters. The fourth-order valence-electron chi connectivity index (χ4n) is 2.03. The molecule has 2 nitrogen and oxygen atoms in total. The molecule has 2 heterocycles. The van der Waals surface area contributed by atoms with Crippen molar-refractivity contribution in [2.24, 2.45) is 0 Å². The number of pyridine rings is 1. The quantitative estimate of drug-likeness (QED) is 0.629. The van der Waals surface area contributed by atoms with Crippen LogP contribution in [0.25, 0.3) is 5.52 Å². The third-order valence-corrected chi connectivity index (χ3v) is 2.88. The second-order valence-corrected chi connectivity index (χ2v) is 4.03. The number of carbonyl (C=O) groups is 1. The molecule has 0 amide bonds. The lowest BCUT2D eigenvalue weighted by molar-refractivity contribution is 0.102. The zero-order chi connectivity index (χ0) is 12.5. The van der Waals surface area contributed by atoms with Crippen molar-refractivity contribution in [1.82, 2.24) is 4.40 Å². The van der Waals surface area contributed by atoms with Gasteiger partial charge in [0.05, 0.1) is 0 Å². The Balaban J connectivity index is 2.21. The van der Waals surface area contributed by atoms with Gasteiger partial charge in [-0.05, 0) is 12.1 Å². The monoisotopic (exact) mass is 239 g/mol. The molecule has 0 saturated heterocycles. The maximum absolute atomic E-state index is 13.9. The van der Waals surface area contributed by atoms with Crippen LogP contribution in [-0.4, -0.2) is 10.2 Å². The Hall–Kier alpha value is -2.42. The fourth-order valence-corrected chi connectivity index (χ4v) is 2.03. The van der Waals surface area contributed by atoms with Crippen molar-refractivity contribution < 1.29 is 9.18 Å². The summed E-state index contributed by atoms with van der Waals surface area (Å²) in [5.41, 5.74) is 1.24. The average Bonchev–Trinajstić information content (AvgIpc) is 2.75. The largest absolute Gasteiger partial charge is 0.311 e. The van der Waals surface area contributed by atoms with Crippen molar-refractivity contribution >= 4 is 11.3 Å². The van der Waals surface area contributed by atoms with E-state index in [1.54, 1.807) is 47.0 Å². The van der Waals surface area contributed by atoms with Crippen LogP contribution in [0.4, 0.5) is 4.39 Å². The van der Waals surface area contributed by atoms with Gasteiger partial charge in [0.15, 0.2) is 5.82 Å². The van der Waals surface area contributed by atoms with Crippen LogP contribution in [0.1, 0.15) is 16.1 Å². The lowest BCUT2D eigenvalue weighted by Crippen LogP contribution is -2.06. The van der Waals surface area contributed by atoms with E-state index in [1.807, 2.05) is 12.1 Å². The number of nitrogens with zero attached hydrogens (tertiary/aromatic N) is 1. The molecule has 0 aliphatic heterocycles. The standard InChI is InChI=1S/C15H10FNO/c16-13-10-12-8-4-5-9-17(12)14(13)15(18)11-6-2-1-3-7-11/h1-10H. The van der Waals surface area contributed by atoms with Crippen molar-refractivity contribution in [3.8, 4) is 0 Å². The van der Waals surface area contributed by atoms with Crippen LogP contribution in [0.5, 0.6) is 0 Å². The predicted octanol–water partition coefficient (Wildman–Crippen LogP) is 3.31. The molecule has 2 aromatic heterocycles. The van der Waals surface area contributed by atoms with Gasteiger partial charge < -0.3 is 4.40 Å². The molecule has 0 aliphatic carbocycles. The van der Waals surface area contributed by atoms with Crippen LogP contribution < -0.4 is 0 Å². The van der Waals surface area contributed by atoms with Crippen LogP contribution in [0.3, 0.4) is 0 Å². The van der Waals surface area contributed by atoms with Crippen molar-refractivity contribution in [2.75, 3.05) is 0 Å². The van der Waals surface area contributed by atoms with Crippen LogP contribution in [0.15, 0.2) is 60.8 Å². The van der Waals surface area contributed by atoms with Crippen molar-refractivity contribution in [2.45, 2.75) is 0 Å². The fraction of sp³-hybridized carbons (Fsp3) is 0. The molecule has 88 valence electrons. The van der Waals surface area contributed by atoms with Gasteiger partial charge in [-0.3, -0.25) is 4.79 Å². The summed E-state index contributed by atoms with van der Waals surface area (Å²) in [4.78, 5) is 12.3. The highest BCUT2D eigenvalue weighted by molar-refractivity contribution is 6.08. The Morgan fingerprint density at radius 3 is 2.50 bits per heavy atom. The highest BCUT2D eigenvalue weighted by Crippen LogP contribution is 2.18. The minimum absolute atomic E-state index is 0.0804. The second-order valence-electron chi connectivity index (χ2n) is 4.03. The van der Waals surface area contributed by atoms with E-state index in [1.165, 1.54) is 6.07 Å². The molecule has 0 radical (unpaired) electrons. The molecule has 0 spiro atoms. The van der Waals surface area contributed by atoms with E-state index >= 15 is 0 Å². The minimum Gasteiger partial charge on any atom is -0.311 e. The number of rotatable bonds is 2. The Morgan fingerprint density at radius 2 is 1.72 bits per heavy atom. The molecule has 0 bridgehead atoms. The molecule has 0 atom stereocenters. The van der Waals surface area contributed by atoms with Gasteiger partial charge in [-0.25, -0.2) is 4.39 Å². The van der Waals surface area contributed by atoms with Gasteiger partial charge in [0.25, 0.3) is 0 Å². The van der Waals surface area contributed by atoms with Gasteiger partial charge in [-0.15, -0.1) is 0 Å². The van der Waals surface area contributed by atoms with E-state index in [9.17, 15) is 9.18 Å². The lowest BCUT2D eigenvalue weighted by Gasteiger charge is -2.02. The van der Waals surface area contributed by atoms with E-state index in [-0.39, 0.29) is 11.5 Å². The van der Waals surface area contributed by atoms with Crippen molar-refractivity contribution in [1.29, 1.82) is 0 Å². The second kappa shape index (κ2) is 4.11. The van der Waals surface area contributed by atoms with E-state index < -0.39 is 5.82 Å². The normalized spacial score (nSPS) is 10.7. The number of ketones is 1. The van der Waals surface area contributed by atoms with E-state index in [0.29, 0.717) is 11.1 Å². The highest BCUT2D eigenvalue weighted by atomic mass is 19.1. The maximum atomic E-state index is 13.9. The number of aromatic nitrogens is 1. The average molecular weight is 239 g/mol. The molecule has 3 rings (SSSR count). The molecule has 18 heavy (non-hydrogen) atoms. The summed E-state index contributed by atoms with van der Waals surface area (Å²) in [6.45, 7) is 0. The Bertz CT molecular complexity index is 716. The van der Waals surface area contributed by atoms with Crippen LogP contribution >= 0.6 is 0 Å². The molecule has 3 aromatic rings. The smallest absolute Gasteiger partial charge is 0.212 e. The van der Waals surface area contributed by atoms with E-state index in [0.717, 1.165) is 0 Å². The number of hydrogen-bond acceptors (Lipinski definition) is 1. The van der Waals surface area contributed by atoms with Gasteiger partial charge in [0.2, 0.25) is 5.78 Å². The summed E-state index contributed by atoms with van der Waals surface area (Å²) in [5.74, 6) is -0.797. The summed E-state index contributed by atoms with van der Waals surface area (Å²) >= 11 is 0. The first-order valence-corrected chi connectivity index (χ1v) is 5.63. The Kier molecular flexibility index (Phi) is 2.45. The molecule has 1 aromatic carbocycles. The molecular formula is C15H10FNO. The van der Waals surface area contributed by atoms with E-state index in [4.69, 9.17) is 0 Å². The number of hydrogen-bond donors (Lipinski definition) is 0. The highest BCUT2D eigenvalue weighted by Gasteiger charge is 2.18. The zero-order valence-corrected chi connectivity index (χ0v) is 9.51. The summed E-state index contributed by atoms with van der Waals surface area (Å²) in [7, 11) is 0. The van der Waals surface area contributed by atoms with Gasteiger partial charge in [0.1, 0.15) is 5.69 Å². The third-order valence-electron chi connectivity index (χ3n) is 2.88. The van der Waals surface area contributed by atoms with Gasteiger partial charge in [-0.2, -0.15) is 0 Å². The van der Waals surface area contributed by atoms with Gasteiger partial charge in [0, 0.05) is 23.3 Å². The van der Waals surface area contributed by atoms with Crippen LogP contribution in [0, 0.1) is 5.82 Å². The SMILES string of the molecule is O=C(c1ccccc1)c1c(F)cc2ccccn12. The lowest BCUT2D eigenvalue weighted by atomic mass is 10.1. The third kappa shape index (κ3) is 1.61. The first-order valence-electron chi connectivity index (χ1n) is 5.63. The number of carbonyl (C=O) groups excluding carboxylic acids is 1. The first-order chi connectivity index (χ1) is 8.77. The predicted molar refractivity (Wildman–Crippen MR) is 67.2 cm³/mol. The molecule has 0 saturated carbocycles. The number of fused-ring (bicyclic) bond motifs is 1. The summed E-state index contributed by atoms with van der Waals surface area (Å²) in [6, 6.07) is 15.4. The molecule has 3 heteroatoms. The molecule has 0 aliphatic rings. The molecule has 0 N–H and O–H groups in total. The minimum atomic E-state index is -0.491. The molecular weight excluding hydrogens is 229 g/mol. The number of halogens is 1. The Labute approximate surface area is 103 Å². The topological polar surface area (TPSA) is 21.5 Å². The van der Waals surface area contributed by atoms with Crippen molar-refractivity contribution in [3.05, 3.63) is 77.9 Å². The summed E-state index contributed by atoms with van der Waals surface area (Å²) in [5, 5.41) is 0. The maximum Gasteiger partial charge on any atom is 0.212 e.